The third-order valence-corrected chi connectivity index (χ3v) is 3.30. The van der Waals surface area contributed by atoms with E-state index in [-0.39, 0.29) is 11.8 Å². The summed E-state index contributed by atoms with van der Waals surface area (Å²) in [6, 6.07) is 9.69. The lowest BCUT2D eigenvalue weighted by Gasteiger charge is -2.19. The van der Waals surface area contributed by atoms with Gasteiger partial charge in [0.1, 0.15) is 11.6 Å². The highest BCUT2D eigenvalue weighted by Gasteiger charge is 2.14. The number of hydrogen-bond acceptors (Lipinski definition) is 3. The van der Waals surface area contributed by atoms with Gasteiger partial charge in [-0.25, -0.2) is 4.98 Å². The largest absolute Gasteiger partial charge is 0.508 e. The number of hydrogen-bond donors (Lipinski definition) is 2. The van der Waals surface area contributed by atoms with Crippen molar-refractivity contribution >= 4 is 21.7 Å². The number of nitrogens with zero attached hydrogens (tertiary/aromatic N) is 1. The number of rotatable bonds is 4. The van der Waals surface area contributed by atoms with Gasteiger partial charge in [0.25, 0.3) is 0 Å². The molecule has 100 valence electrons. The Labute approximate surface area is 119 Å². The molecule has 2 rings (SSSR count). The first-order valence-electron chi connectivity index (χ1n) is 5.97. The average Bonchev–Trinajstić information content (AvgIpc) is 2.39. The minimum absolute atomic E-state index is 0.133. The molecular formula is C14H14BrFN2O. The van der Waals surface area contributed by atoms with E-state index in [2.05, 4.69) is 26.2 Å². The van der Waals surface area contributed by atoms with Gasteiger partial charge in [0, 0.05) is 10.0 Å². The molecule has 0 radical (unpaired) electrons. The summed E-state index contributed by atoms with van der Waals surface area (Å²) in [6.07, 6.45) is 0.738. The monoisotopic (exact) mass is 324 g/mol. The number of anilines is 1. The molecule has 1 heterocycles. The van der Waals surface area contributed by atoms with E-state index in [4.69, 9.17) is 0 Å². The maximum absolute atomic E-state index is 13.1. The highest BCUT2D eigenvalue weighted by Crippen LogP contribution is 2.31. The van der Waals surface area contributed by atoms with Crippen molar-refractivity contribution in [3.8, 4) is 5.75 Å². The first kappa shape index (κ1) is 13.8. The van der Waals surface area contributed by atoms with Crippen LogP contribution in [-0.2, 0) is 0 Å². The number of phenolic OH excluding ortho intramolecular Hbond substituents is 1. The normalized spacial score (nSPS) is 12.2. The fraction of sp³-hybridized carbons (Fsp3) is 0.214. The quantitative estimate of drug-likeness (QED) is 0.826. The predicted molar refractivity (Wildman–Crippen MR) is 76.7 cm³/mol. The second kappa shape index (κ2) is 6.02. The molecule has 0 aliphatic heterocycles. The summed E-state index contributed by atoms with van der Waals surface area (Å²) in [4.78, 5) is 3.77. The van der Waals surface area contributed by atoms with E-state index in [1.807, 2.05) is 13.0 Å². The molecule has 1 unspecified atom stereocenters. The van der Waals surface area contributed by atoms with Crippen molar-refractivity contribution in [1.82, 2.24) is 4.98 Å². The van der Waals surface area contributed by atoms with Crippen molar-refractivity contribution < 1.29 is 9.50 Å². The molecule has 1 aromatic heterocycles. The SMILES string of the molecule is CCC(Nc1cccc(F)n1)c1cc(Br)ccc1O. The molecule has 19 heavy (non-hydrogen) atoms. The fourth-order valence-corrected chi connectivity index (χ4v) is 2.25. The second-order valence-electron chi connectivity index (χ2n) is 4.15. The van der Waals surface area contributed by atoms with Crippen LogP contribution in [-0.4, -0.2) is 10.1 Å². The summed E-state index contributed by atoms with van der Waals surface area (Å²) in [5.74, 6) is 0.128. The first-order chi connectivity index (χ1) is 9.10. The van der Waals surface area contributed by atoms with Crippen LogP contribution in [0.5, 0.6) is 5.75 Å². The molecule has 2 aromatic rings. The highest BCUT2D eigenvalue weighted by molar-refractivity contribution is 9.10. The average molecular weight is 325 g/mol. The minimum Gasteiger partial charge on any atom is -0.508 e. The summed E-state index contributed by atoms with van der Waals surface area (Å²) in [7, 11) is 0. The van der Waals surface area contributed by atoms with Gasteiger partial charge in [0.15, 0.2) is 0 Å². The van der Waals surface area contributed by atoms with Crippen LogP contribution in [0.4, 0.5) is 10.2 Å². The molecule has 5 heteroatoms. The van der Waals surface area contributed by atoms with E-state index >= 15 is 0 Å². The topological polar surface area (TPSA) is 45.2 Å². The maximum atomic E-state index is 13.1. The van der Waals surface area contributed by atoms with Gasteiger partial charge in [0.05, 0.1) is 6.04 Å². The molecule has 0 aliphatic rings. The van der Waals surface area contributed by atoms with Crippen molar-refractivity contribution in [2.24, 2.45) is 0 Å². The molecule has 0 bridgehead atoms. The van der Waals surface area contributed by atoms with E-state index in [9.17, 15) is 9.50 Å². The van der Waals surface area contributed by atoms with Crippen molar-refractivity contribution in [2.75, 3.05) is 5.32 Å². The Balaban J connectivity index is 2.27. The van der Waals surface area contributed by atoms with E-state index in [0.29, 0.717) is 5.82 Å². The van der Waals surface area contributed by atoms with Gasteiger partial charge >= 0.3 is 0 Å². The van der Waals surface area contributed by atoms with Crippen LogP contribution in [0.3, 0.4) is 0 Å². The second-order valence-corrected chi connectivity index (χ2v) is 5.07. The zero-order valence-corrected chi connectivity index (χ0v) is 12.0. The van der Waals surface area contributed by atoms with Crippen LogP contribution in [0.25, 0.3) is 0 Å². The lowest BCUT2D eigenvalue weighted by Crippen LogP contribution is -2.11. The summed E-state index contributed by atoms with van der Waals surface area (Å²) in [5.41, 5.74) is 0.753. The molecule has 0 saturated carbocycles. The lowest BCUT2D eigenvalue weighted by molar-refractivity contribution is 0.462. The predicted octanol–water partition coefficient (Wildman–Crippen LogP) is 4.25. The highest BCUT2D eigenvalue weighted by atomic mass is 79.9. The van der Waals surface area contributed by atoms with Crippen LogP contribution in [0.15, 0.2) is 40.9 Å². The summed E-state index contributed by atoms with van der Waals surface area (Å²) in [5, 5.41) is 13.0. The Morgan fingerprint density at radius 3 is 2.84 bits per heavy atom. The van der Waals surface area contributed by atoms with E-state index in [1.165, 1.54) is 6.07 Å². The lowest BCUT2D eigenvalue weighted by atomic mass is 10.0. The van der Waals surface area contributed by atoms with Crippen molar-refractivity contribution in [3.63, 3.8) is 0 Å². The Hall–Kier alpha value is -1.62. The van der Waals surface area contributed by atoms with Crippen molar-refractivity contribution in [2.45, 2.75) is 19.4 Å². The van der Waals surface area contributed by atoms with Gasteiger partial charge in [-0.15, -0.1) is 0 Å². The molecule has 1 aromatic carbocycles. The van der Waals surface area contributed by atoms with Crippen LogP contribution in [0.2, 0.25) is 0 Å². The standard InChI is InChI=1S/C14H14BrFN2O/c1-2-11(10-8-9(15)6-7-12(10)19)17-14-5-3-4-13(16)18-14/h3-8,11,19H,2H2,1H3,(H,17,18). The molecule has 0 saturated heterocycles. The smallest absolute Gasteiger partial charge is 0.214 e. The molecule has 2 N–H and O–H groups in total. The van der Waals surface area contributed by atoms with Crippen molar-refractivity contribution in [3.05, 3.63) is 52.4 Å². The third kappa shape index (κ3) is 3.44. The Morgan fingerprint density at radius 1 is 1.37 bits per heavy atom. The molecule has 0 aliphatic carbocycles. The molecule has 0 amide bonds. The van der Waals surface area contributed by atoms with Crippen LogP contribution >= 0.6 is 15.9 Å². The van der Waals surface area contributed by atoms with E-state index in [0.717, 1.165) is 16.5 Å². The third-order valence-electron chi connectivity index (χ3n) is 2.81. The first-order valence-corrected chi connectivity index (χ1v) is 6.77. The van der Waals surface area contributed by atoms with Crippen molar-refractivity contribution in [1.29, 1.82) is 0 Å². The number of benzene rings is 1. The van der Waals surface area contributed by atoms with Gasteiger partial charge in [0.2, 0.25) is 5.95 Å². The summed E-state index contributed by atoms with van der Waals surface area (Å²) in [6.45, 7) is 1.98. The van der Waals surface area contributed by atoms with Crippen LogP contribution in [0.1, 0.15) is 24.9 Å². The summed E-state index contributed by atoms with van der Waals surface area (Å²) >= 11 is 3.38. The number of pyridine rings is 1. The van der Waals surface area contributed by atoms with Gasteiger partial charge in [-0.3, -0.25) is 0 Å². The van der Waals surface area contributed by atoms with Gasteiger partial charge in [-0.1, -0.05) is 28.9 Å². The maximum Gasteiger partial charge on any atom is 0.214 e. The Bertz CT molecular complexity index is 577. The van der Waals surface area contributed by atoms with Gasteiger partial charge in [-0.05, 0) is 36.8 Å². The van der Waals surface area contributed by atoms with Gasteiger partial charge in [-0.2, -0.15) is 4.39 Å². The number of halogens is 2. The van der Waals surface area contributed by atoms with Crippen LogP contribution < -0.4 is 5.32 Å². The molecule has 0 fully saturated rings. The van der Waals surface area contributed by atoms with Gasteiger partial charge < -0.3 is 10.4 Å². The number of phenols is 1. The zero-order chi connectivity index (χ0) is 13.8. The molecular weight excluding hydrogens is 311 g/mol. The Morgan fingerprint density at radius 2 is 2.16 bits per heavy atom. The van der Waals surface area contributed by atoms with E-state index < -0.39 is 5.95 Å². The van der Waals surface area contributed by atoms with Crippen LogP contribution in [0, 0.1) is 5.95 Å². The molecule has 0 spiro atoms. The molecule has 1 atom stereocenters. The number of aromatic nitrogens is 1. The van der Waals surface area contributed by atoms with E-state index in [1.54, 1.807) is 24.3 Å². The number of aromatic hydroxyl groups is 1. The molecule has 3 nitrogen and oxygen atoms in total. The minimum atomic E-state index is -0.529. The zero-order valence-electron chi connectivity index (χ0n) is 10.4. The fourth-order valence-electron chi connectivity index (χ4n) is 1.87. The summed E-state index contributed by atoms with van der Waals surface area (Å²) < 4.78 is 13.9. The number of nitrogens with one attached hydrogen (secondary N) is 1. The Kier molecular flexibility index (Phi) is 4.37.